The van der Waals surface area contributed by atoms with Crippen molar-refractivity contribution < 1.29 is 14.6 Å². The number of ether oxygens (including phenoxy) is 1. The molecule has 0 radical (unpaired) electrons. The molecule has 0 aliphatic heterocycles. The third-order valence-electron chi connectivity index (χ3n) is 3.12. The molecule has 116 valence electrons. The molecule has 22 heavy (non-hydrogen) atoms. The van der Waals surface area contributed by atoms with Crippen LogP contribution in [0.1, 0.15) is 18.1 Å². The monoisotopic (exact) mass is 319 g/mol. The van der Waals surface area contributed by atoms with Gasteiger partial charge in [0, 0.05) is 16.3 Å². The number of carbonyl (C=O) groups is 1. The molecule has 1 amide bonds. The van der Waals surface area contributed by atoms with E-state index < -0.39 is 0 Å². The number of aliphatic hydroxyl groups is 1. The lowest BCUT2D eigenvalue weighted by Crippen LogP contribution is -2.15. The van der Waals surface area contributed by atoms with E-state index in [0.29, 0.717) is 28.6 Å². The number of hydrogen-bond acceptors (Lipinski definition) is 3. The average Bonchev–Trinajstić information content (AvgIpc) is 2.51. The number of hydrogen-bond donors (Lipinski definition) is 2. The average molecular weight is 320 g/mol. The normalized spacial score (nSPS) is 10.3. The highest BCUT2D eigenvalue weighted by molar-refractivity contribution is 6.31. The Balaban J connectivity index is 2.07. The largest absolute Gasteiger partial charge is 0.494 e. The Morgan fingerprint density at radius 2 is 2.00 bits per heavy atom. The Morgan fingerprint density at radius 3 is 2.68 bits per heavy atom. The number of rotatable bonds is 6. The first-order chi connectivity index (χ1) is 10.6. The maximum atomic E-state index is 12.1. The van der Waals surface area contributed by atoms with Crippen molar-refractivity contribution >= 4 is 23.2 Å². The van der Waals surface area contributed by atoms with Crippen molar-refractivity contribution in [2.75, 3.05) is 11.9 Å². The third kappa shape index (κ3) is 4.23. The van der Waals surface area contributed by atoms with E-state index in [4.69, 9.17) is 16.3 Å². The Labute approximate surface area is 134 Å². The van der Waals surface area contributed by atoms with Gasteiger partial charge < -0.3 is 15.2 Å². The van der Waals surface area contributed by atoms with Crippen LogP contribution < -0.4 is 10.1 Å². The van der Waals surface area contributed by atoms with Crippen LogP contribution in [0.3, 0.4) is 0 Å². The first-order valence-electron chi connectivity index (χ1n) is 7.04. The fourth-order valence-corrected chi connectivity index (χ4v) is 2.30. The van der Waals surface area contributed by atoms with Crippen LogP contribution in [0.5, 0.6) is 5.75 Å². The van der Waals surface area contributed by atoms with Crippen LogP contribution in [0.15, 0.2) is 42.5 Å². The molecule has 2 aromatic rings. The maximum absolute atomic E-state index is 12.1. The van der Waals surface area contributed by atoms with Crippen molar-refractivity contribution in [1.29, 1.82) is 0 Å². The minimum Gasteiger partial charge on any atom is -0.494 e. The predicted molar refractivity (Wildman–Crippen MR) is 87.3 cm³/mol. The van der Waals surface area contributed by atoms with Crippen molar-refractivity contribution in [2.45, 2.75) is 20.0 Å². The van der Waals surface area contributed by atoms with Crippen molar-refractivity contribution in [3.63, 3.8) is 0 Å². The van der Waals surface area contributed by atoms with Crippen molar-refractivity contribution in [3.05, 3.63) is 58.6 Å². The SMILES string of the molecule is CCOc1ccc(NC(=O)Cc2ccccc2Cl)cc1CO. The first kappa shape index (κ1) is 16.3. The fraction of sp³-hybridized carbons (Fsp3) is 0.235. The van der Waals surface area contributed by atoms with Crippen molar-refractivity contribution in [1.82, 2.24) is 0 Å². The molecular formula is C17H18ClNO3. The fourth-order valence-electron chi connectivity index (χ4n) is 2.10. The molecule has 5 heteroatoms. The molecule has 0 bridgehead atoms. The number of halogens is 1. The molecule has 0 spiro atoms. The van der Waals surface area contributed by atoms with Crippen molar-refractivity contribution in [3.8, 4) is 5.75 Å². The smallest absolute Gasteiger partial charge is 0.228 e. The highest BCUT2D eigenvalue weighted by atomic mass is 35.5. The van der Waals surface area contributed by atoms with E-state index >= 15 is 0 Å². The molecule has 0 atom stereocenters. The lowest BCUT2D eigenvalue weighted by molar-refractivity contribution is -0.115. The molecule has 4 nitrogen and oxygen atoms in total. The van der Waals surface area contributed by atoms with E-state index in [2.05, 4.69) is 5.32 Å². The zero-order valence-corrected chi connectivity index (χ0v) is 13.1. The Kier molecular flexibility index (Phi) is 5.81. The Hall–Kier alpha value is -2.04. The van der Waals surface area contributed by atoms with E-state index in [1.165, 1.54) is 0 Å². The number of nitrogens with one attached hydrogen (secondary N) is 1. The third-order valence-corrected chi connectivity index (χ3v) is 3.49. The van der Waals surface area contributed by atoms with Gasteiger partial charge in [-0.15, -0.1) is 0 Å². The van der Waals surface area contributed by atoms with E-state index in [1.807, 2.05) is 25.1 Å². The van der Waals surface area contributed by atoms with Crippen LogP contribution >= 0.6 is 11.6 Å². The van der Waals surface area contributed by atoms with Gasteiger partial charge in [0.25, 0.3) is 0 Å². The molecule has 0 unspecified atom stereocenters. The topological polar surface area (TPSA) is 58.6 Å². The molecule has 0 aliphatic rings. The second kappa shape index (κ2) is 7.82. The molecule has 0 aromatic heterocycles. The quantitative estimate of drug-likeness (QED) is 0.857. The van der Waals surface area contributed by atoms with Crippen LogP contribution in [0, 0.1) is 0 Å². The molecule has 0 saturated heterocycles. The first-order valence-corrected chi connectivity index (χ1v) is 7.41. The number of carbonyl (C=O) groups excluding carboxylic acids is 1. The van der Waals surface area contributed by atoms with Gasteiger partial charge in [0.15, 0.2) is 0 Å². The van der Waals surface area contributed by atoms with Crippen LogP contribution in [-0.4, -0.2) is 17.6 Å². The standard InChI is InChI=1S/C17H18ClNO3/c1-2-22-16-8-7-14(9-13(16)11-20)19-17(21)10-12-5-3-4-6-15(12)18/h3-9,20H,2,10-11H2,1H3,(H,19,21). The van der Waals surface area contributed by atoms with Crippen LogP contribution in [0.25, 0.3) is 0 Å². The van der Waals surface area contributed by atoms with Crippen LogP contribution in [0.2, 0.25) is 5.02 Å². The second-order valence-electron chi connectivity index (χ2n) is 4.73. The predicted octanol–water partition coefficient (Wildman–Crippen LogP) is 3.41. The van der Waals surface area contributed by atoms with Gasteiger partial charge >= 0.3 is 0 Å². The molecular weight excluding hydrogens is 302 g/mol. The molecule has 0 fully saturated rings. The summed E-state index contributed by atoms with van der Waals surface area (Å²) in [5.41, 5.74) is 2.02. The summed E-state index contributed by atoms with van der Waals surface area (Å²) in [7, 11) is 0. The van der Waals surface area contributed by atoms with Gasteiger partial charge in [-0.1, -0.05) is 29.8 Å². The molecule has 2 rings (SSSR count). The van der Waals surface area contributed by atoms with Crippen LogP contribution in [-0.2, 0) is 17.8 Å². The molecule has 0 heterocycles. The Morgan fingerprint density at radius 1 is 1.23 bits per heavy atom. The van der Waals surface area contributed by atoms with Gasteiger partial charge in [-0.3, -0.25) is 4.79 Å². The maximum Gasteiger partial charge on any atom is 0.228 e. The lowest BCUT2D eigenvalue weighted by Gasteiger charge is -2.11. The highest BCUT2D eigenvalue weighted by Crippen LogP contribution is 2.23. The van der Waals surface area contributed by atoms with Crippen LogP contribution in [0.4, 0.5) is 5.69 Å². The van der Waals surface area contributed by atoms with Gasteiger partial charge in [-0.25, -0.2) is 0 Å². The van der Waals surface area contributed by atoms with E-state index in [-0.39, 0.29) is 18.9 Å². The molecule has 0 saturated carbocycles. The molecule has 2 aromatic carbocycles. The van der Waals surface area contributed by atoms with E-state index in [9.17, 15) is 9.90 Å². The minimum atomic E-state index is -0.166. The summed E-state index contributed by atoms with van der Waals surface area (Å²) in [6, 6.07) is 12.4. The molecule has 2 N–H and O–H groups in total. The number of benzene rings is 2. The second-order valence-corrected chi connectivity index (χ2v) is 5.14. The lowest BCUT2D eigenvalue weighted by atomic mass is 10.1. The summed E-state index contributed by atoms with van der Waals surface area (Å²) in [6.45, 7) is 2.25. The minimum absolute atomic E-state index is 0.149. The number of amides is 1. The van der Waals surface area contributed by atoms with Gasteiger partial charge in [0.05, 0.1) is 19.6 Å². The number of anilines is 1. The zero-order valence-electron chi connectivity index (χ0n) is 12.3. The van der Waals surface area contributed by atoms with Gasteiger partial charge in [0.1, 0.15) is 5.75 Å². The van der Waals surface area contributed by atoms with Gasteiger partial charge in [0.2, 0.25) is 5.91 Å². The Bertz CT molecular complexity index is 658. The highest BCUT2D eigenvalue weighted by Gasteiger charge is 2.09. The van der Waals surface area contributed by atoms with Gasteiger partial charge in [-0.2, -0.15) is 0 Å². The van der Waals surface area contributed by atoms with Gasteiger partial charge in [-0.05, 0) is 36.8 Å². The van der Waals surface area contributed by atoms with Crippen molar-refractivity contribution in [2.24, 2.45) is 0 Å². The van der Waals surface area contributed by atoms with E-state index in [1.54, 1.807) is 24.3 Å². The van der Waals surface area contributed by atoms with E-state index in [0.717, 1.165) is 5.56 Å². The summed E-state index contributed by atoms with van der Waals surface area (Å²) >= 11 is 6.04. The zero-order chi connectivity index (χ0) is 15.9. The summed E-state index contributed by atoms with van der Waals surface area (Å²) < 4.78 is 5.41. The summed E-state index contributed by atoms with van der Waals surface area (Å²) in [6.07, 6.45) is 0.196. The summed E-state index contributed by atoms with van der Waals surface area (Å²) in [4.78, 5) is 12.1. The summed E-state index contributed by atoms with van der Waals surface area (Å²) in [5.74, 6) is 0.454. The molecule has 0 aliphatic carbocycles. The summed E-state index contributed by atoms with van der Waals surface area (Å²) in [5, 5.41) is 12.7. The number of aliphatic hydroxyl groups excluding tert-OH is 1.